The largest absolute Gasteiger partial charge is 0.381 e. The molecule has 0 saturated heterocycles. The van der Waals surface area contributed by atoms with Gasteiger partial charge in [0.15, 0.2) is 5.65 Å². The number of methoxy groups -OCH3 is 1. The molecule has 2 aromatic heterocycles. The Labute approximate surface area is 169 Å². The van der Waals surface area contributed by atoms with Crippen molar-refractivity contribution in [3.05, 3.63) is 46.4 Å². The molecule has 0 radical (unpaired) electrons. The van der Waals surface area contributed by atoms with E-state index in [9.17, 15) is 9.59 Å². The molecule has 0 spiro atoms. The van der Waals surface area contributed by atoms with Crippen LogP contribution in [0.2, 0.25) is 0 Å². The third-order valence-electron chi connectivity index (χ3n) is 5.91. The Bertz CT molecular complexity index is 1100. The highest BCUT2D eigenvalue weighted by Crippen LogP contribution is 2.26. The number of hydrogen-bond acceptors (Lipinski definition) is 4. The van der Waals surface area contributed by atoms with Gasteiger partial charge in [0, 0.05) is 19.1 Å². The average molecular weight is 396 g/mol. The van der Waals surface area contributed by atoms with Crippen molar-refractivity contribution >= 4 is 22.5 Å². The van der Waals surface area contributed by atoms with Crippen LogP contribution in [0.25, 0.3) is 16.6 Å². The van der Waals surface area contributed by atoms with Crippen molar-refractivity contribution in [2.45, 2.75) is 58.2 Å². The van der Waals surface area contributed by atoms with Gasteiger partial charge in [-0.1, -0.05) is 24.6 Å². The first-order valence-corrected chi connectivity index (χ1v) is 10.3. The van der Waals surface area contributed by atoms with Crippen LogP contribution in [0.3, 0.4) is 0 Å². The monoisotopic (exact) mass is 396 g/mol. The lowest BCUT2D eigenvalue weighted by Crippen LogP contribution is -2.43. The van der Waals surface area contributed by atoms with Gasteiger partial charge in [-0.3, -0.25) is 4.79 Å². The lowest BCUT2D eigenvalue weighted by atomic mass is 9.86. The third-order valence-corrected chi connectivity index (χ3v) is 5.91. The van der Waals surface area contributed by atoms with E-state index < -0.39 is 0 Å². The van der Waals surface area contributed by atoms with Crippen LogP contribution < -0.4 is 11.0 Å². The maximum atomic E-state index is 13.0. The molecule has 1 aliphatic carbocycles. The SMILES string of the molecule is COC1CCCC(C(=O)NC(C)Cn2nc3c(C)cc4ccccc4n3c2=O)C1. The number of benzene rings is 1. The summed E-state index contributed by atoms with van der Waals surface area (Å²) in [5.41, 5.74) is 2.26. The zero-order valence-electron chi connectivity index (χ0n) is 17.2. The van der Waals surface area contributed by atoms with E-state index in [0.717, 1.165) is 42.1 Å². The molecule has 1 aromatic carbocycles. The fraction of sp³-hybridized carbons (Fsp3) is 0.500. The standard InChI is InChI=1S/C22H28N4O3/c1-14-11-16-7-4-5-10-19(16)26-20(14)24-25(22(26)28)13-15(2)23-21(27)17-8-6-9-18(12-17)29-3/h4-5,7,10-11,15,17-18H,6,8-9,12-13H2,1-3H3,(H,23,27). The van der Waals surface area contributed by atoms with Gasteiger partial charge >= 0.3 is 5.69 Å². The summed E-state index contributed by atoms with van der Waals surface area (Å²) >= 11 is 0. The Morgan fingerprint density at radius 2 is 2.14 bits per heavy atom. The van der Waals surface area contributed by atoms with Crippen LogP contribution in [0, 0.1) is 12.8 Å². The van der Waals surface area contributed by atoms with Gasteiger partial charge in [0.1, 0.15) is 0 Å². The van der Waals surface area contributed by atoms with Gasteiger partial charge < -0.3 is 10.1 Å². The third kappa shape index (κ3) is 3.79. The molecule has 1 aliphatic rings. The van der Waals surface area contributed by atoms with Gasteiger partial charge in [0.05, 0.1) is 18.2 Å². The normalized spacial score (nSPS) is 20.8. The first kappa shape index (κ1) is 19.6. The van der Waals surface area contributed by atoms with E-state index in [4.69, 9.17) is 4.74 Å². The van der Waals surface area contributed by atoms with Gasteiger partial charge in [-0.2, -0.15) is 0 Å². The Balaban J connectivity index is 1.54. The molecule has 3 aromatic rings. The minimum atomic E-state index is -0.195. The van der Waals surface area contributed by atoms with E-state index in [-0.39, 0.29) is 29.7 Å². The molecule has 1 N–H and O–H groups in total. The molecule has 4 rings (SSSR count). The Morgan fingerprint density at radius 3 is 2.93 bits per heavy atom. The number of hydrogen-bond donors (Lipinski definition) is 1. The number of rotatable bonds is 5. The summed E-state index contributed by atoms with van der Waals surface area (Å²) < 4.78 is 8.54. The van der Waals surface area contributed by atoms with Gasteiger partial charge in [0.2, 0.25) is 5.91 Å². The molecule has 0 aliphatic heterocycles. The molecule has 2 heterocycles. The van der Waals surface area contributed by atoms with Gasteiger partial charge in [-0.15, -0.1) is 5.10 Å². The van der Waals surface area contributed by atoms with Crippen molar-refractivity contribution in [1.82, 2.24) is 19.5 Å². The molecule has 154 valence electrons. The summed E-state index contributed by atoms with van der Waals surface area (Å²) in [5.74, 6) is 0.0119. The number of aryl methyl sites for hydroxylation is 1. The summed E-state index contributed by atoms with van der Waals surface area (Å²) in [5, 5.41) is 8.61. The van der Waals surface area contributed by atoms with E-state index >= 15 is 0 Å². The van der Waals surface area contributed by atoms with Crippen molar-refractivity contribution in [3.63, 3.8) is 0 Å². The molecule has 1 saturated carbocycles. The minimum absolute atomic E-state index is 0.0277. The number of nitrogens with one attached hydrogen (secondary N) is 1. The highest BCUT2D eigenvalue weighted by atomic mass is 16.5. The van der Waals surface area contributed by atoms with Crippen molar-refractivity contribution in [2.24, 2.45) is 5.92 Å². The summed E-state index contributed by atoms with van der Waals surface area (Å²) in [7, 11) is 1.70. The fourth-order valence-electron chi connectivity index (χ4n) is 4.37. The van der Waals surface area contributed by atoms with Crippen molar-refractivity contribution < 1.29 is 9.53 Å². The molecular formula is C22H28N4O3. The zero-order chi connectivity index (χ0) is 20.5. The lowest BCUT2D eigenvalue weighted by Gasteiger charge is -2.28. The van der Waals surface area contributed by atoms with Crippen molar-refractivity contribution in [2.75, 3.05) is 7.11 Å². The zero-order valence-corrected chi connectivity index (χ0v) is 17.2. The molecule has 3 atom stereocenters. The molecule has 7 nitrogen and oxygen atoms in total. The van der Waals surface area contributed by atoms with Crippen LogP contribution in [0.4, 0.5) is 0 Å². The second-order valence-electron chi connectivity index (χ2n) is 8.14. The quantitative estimate of drug-likeness (QED) is 0.719. The number of fused-ring (bicyclic) bond motifs is 3. The lowest BCUT2D eigenvalue weighted by molar-refractivity contribution is -0.128. The topological polar surface area (TPSA) is 77.6 Å². The number of pyridine rings is 1. The predicted octanol–water partition coefficient (Wildman–Crippen LogP) is 2.67. The molecule has 1 amide bonds. The first-order chi connectivity index (χ1) is 14.0. The number of aromatic nitrogens is 3. The first-order valence-electron chi connectivity index (χ1n) is 10.3. The summed E-state index contributed by atoms with van der Waals surface area (Å²) in [6, 6.07) is 9.64. The smallest absolute Gasteiger partial charge is 0.350 e. The highest BCUT2D eigenvalue weighted by Gasteiger charge is 2.28. The second-order valence-corrected chi connectivity index (χ2v) is 8.14. The number of ether oxygens (including phenoxy) is 1. The van der Waals surface area contributed by atoms with E-state index in [0.29, 0.717) is 12.2 Å². The summed E-state index contributed by atoms with van der Waals surface area (Å²) in [4.78, 5) is 25.7. The minimum Gasteiger partial charge on any atom is -0.381 e. The molecule has 0 bridgehead atoms. The van der Waals surface area contributed by atoms with Crippen LogP contribution in [-0.4, -0.2) is 39.3 Å². The second kappa shape index (κ2) is 7.99. The number of nitrogens with zero attached hydrogens (tertiary/aromatic N) is 3. The van der Waals surface area contributed by atoms with Crippen LogP contribution >= 0.6 is 0 Å². The molecular weight excluding hydrogens is 368 g/mol. The maximum absolute atomic E-state index is 13.0. The van der Waals surface area contributed by atoms with E-state index in [1.807, 2.05) is 44.2 Å². The van der Waals surface area contributed by atoms with Gasteiger partial charge in [0.25, 0.3) is 0 Å². The van der Waals surface area contributed by atoms with E-state index in [1.54, 1.807) is 11.5 Å². The van der Waals surface area contributed by atoms with Crippen molar-refractivity contribution in [1.29, 1.82) is 0 Å². The van der Waals surface area contributed by atoms with Crippen LogP contribution in [0.1, 0.15) is 38.2 Å². The average Bonchev–Trinajstić information content (AvgIpc) is 3.05. The predicted molar refractivity (Wildman–Crippen MR) is 112 cm³/mol. The Kier molecular flexibility index (Phi) is 5.41. The highest BCUT2D eigenvalue weighted by molar-refractivity contribution is 5.83. The Hall–Kier alpha value is -2.67. The van der Waals surface area contributed by atoms with Gasteiger partial charge in [-0.05, 0) is 56.2 Å². The number of para-hydroxylation sites is 1. The summed E-state index contributed by atoms with van der Waals surface area (Å²) in [6.07, 6.45) is 3.82. The maximum Gasteiger partial charge on any atom is 0.350 e. The number of amides is 1. The van der Waals surface area contributed by atoms with Crippen LogP contribution in [0.5, 0.6) is 0 Å². The number of carbonyl (C=O) groups is 1. The summed E-state index contributed by atoms with van der Waals surface area (Å²) in [6.45, 7) is 4.20. The number of carbonyl (C=O) groups excluding carboxylic acids is 1. The molecule has 1 fully saturated rings. The van der Waals surface area contributed by atoms with Crippen molar-refractivity contribution in [3.8, 4) is 0 Å². The van der Waals surface area contributed by atoms with Gasteiger partial charge in [-0.25, -0.2) is 13.9 Å². The molecule has 7 heteroatoms. The Morgan fingerprint density at radius 1 is 1.34 bits per heavy atom. The van der Waals surface area contributed by atoms with Crippen LogP contribution in [0.15, 0.2) is 35.1 Å². The van der Waals surface area contributed by atoms with E-state index in [2.05, 4.69) is 10.4 Å². The molecule has 3 unspecified atom stereocenters. The fourth-order valence-corrected chi connectivity index (χ4v) is 4.37. The van der Waals surface area contributed by atoms with E-state index in [1.165, 1.54) is 4.68 Å². The van der Waals surface area contributed by atoms with Crippen LogP contribution in [-0.2, 0) is 16.1 Å². The molecule has 29 heavy (non-hydrogen) atoms.